The van der Waals surface area contributed by atoms with Crippen molar-refractivity contribution in [3.05, 3.63) is 132 Å². The van der Waals surface area contributed by atoms with Gasteiger partial charge in [0.1, 0.15) is 5.75 Å². The maximum atomic E-state index is 11.0. The first kappa shape index (κ1) is 47.4. The second-order valence-electron chi connectivity index (χ2n) is 15.9. The van der Waals surface area contributed by atoms with Gasteiger partial charge in [-0.1, -0.05) is 161 Å². The van der Waals surface area contributed by atoms with Gasteiger partial charge in [-0.25, -0.2) is 0 Å². The molecule has 0 unspecified atom stereocenters. The maximum absolute atomic E-state index is 11.0. The molecule has 3 fully saturated rings. The van der Waals surface area contributed by atoms with Crippen molar-refractivity contribution in [1.29, 1.82) is 5.26 Å². The molecule has 4 aromatic rings. The largest absolute Gasteiger partial charge is 1.00 e. The minimum atomic E-state index is -0.675. The molecule has 0 aliphatic heterocycles. The Morgan fingerprint density at radius 2 is 1.02 bits per heavy atom. The SMILES string of the molecule is COc1ccccc1NCCC1(c2ccccc2)CCCCC1.N#CCC1(c2ccccc2)CCCCC1.O=C(O)CC1(c2ccccc2)CCCCC1.[K+].[OH-]. The van der Waals surface area contributed by atoms with Crippen LogP contribution >= 0.6 is 0 Å². The fourth-order valence-electron chi connectivity index (χ4n) is 9.55. The third-order valence-corrected chi connectivity index (χ3v) is 12.5. The van der Waals surface area contributed by atoms with Gasteiger partial charge in [-0.05, 0) is 79.2 Å². The van der Waals surface area contributed by atoms with Crippen LogP contribution in [-0.4, -0.2) is 30.2 Å². The number of rotatable bonds is 11. The van der Waals surface area contributed by atoms with Gasteiger partial charge in [-0.2, -0.15) is 5.26 Å². The molecule has 3 aliphatic rings. The topological polar surface area (TPSA) is 112 Å². The molecule has 0 atom stereocenters. The minimum Gasteiger partial charge on any atom is -0.870 e. The first-order valence-electron chi connectivity index (χ1n) is 20.6. The monoisotopic (exact) mass is 782 g/mol. The van der Waals surface area contributed by atoms with Crippen LogP contribution in [0.2, 0.25) is 0 Å². The van der Waals surface area contributed by atoms with Gasteiger partial charge in [-0.15, -0.1) is 0 Å². The number of aliphatic carboxylic acids is 1. The van der Waals surface area contributed by atoms with Crippen LogP contribution in [0, 0.1) is 11.3 Å². The van der Waals surface area contributed by atoms with Gasteiger partial charge < -0.3 is 20.6 Å². The number of nitriles is 1. The normalized spacial score (nSPS) is 17.6. The van der Waals surface area contributed by atoms with Crippen molar-refractivity contribution in [1.82, 2.24) is 0 Å². The summed E-state index contributed by atoms with van der Waals surface area (Å²) in [6.45, 7) is 0.981. The van der Waals surface area contributed by atoms with Crippen LogP contribution in [0.15, 0.2) is 115 Å². The number of hydrogen-bond donors (Lipinski definition) is 2. The van der Waals surface area contributed by atoms with Crippen molar-refractivity contribution in [2.45, 2.75) is 132 Å². The number of methoxy groups -OCH3 is 1. The van der Waals surface area contributed by atoms with Crippen molar-refractivity contribution in [3.8, 4) is 11.8 Å². The summed E-state index contributed by atoms with van der Waals surface area (Å²) in [5.41, 5.74) is 5.58. The smallest absolute Gasteiger partial charge is 0.870 e. The van der Waals surface area contributed by atoms with Crippen molar-refractivity contribution >= 4 is 11.7 Å². The van der Waals surface area contributed by atoms with Crippen LogP contribution in [0.1, 0.15) is 132 Å². The molecule has 0 radical (unpaired) electrons. The molecule has 294 valence electrons. The molecule has 4 aromatic carbocycles. The van der Waals surface area contributed by atoms with E-state index in [1.54, 1.807) is 7.11 Å². The Balaban J connectivity index is 0.000000228. The van der Waals surface area contributed by atoms with E-state index in [2.05, 4.69) is 90.2 Å². The van der Waals surface area contributed by atoms with E-state index in [0.717, 1.165) is 43.7 Å². The van der Waals surface area contributed by atoms with Crippen LogP contribution in [-0.2, 0) is 21.0 Å². The van der Waals surface area contributed by atoms with Crippen molar-refractivity contribution in [3.63, 3.8) is 0 Å². The molecule has 0 aromatic heterocycles. The number of para-hydroxylation sites is 2. The number of benzene rings is 4. The Hall–Kier alpha value is -2.96. The zero-order chi connectivity index (χ0) is 38.0. The van der Waals surface area contributed by atoms with E-state index in [1.807, 2.05) is 36.4 Å². The summed E-state index contributed by atoms with van der Waals surface area (Å²) >= 11 is 0. The van der Waals surface area contributed by atoms with Gasteiger partial charge in [0, 0.05) is 23.8 Å². The average molecular weight is 783 g/mol. The molecule has 7 rings (SSSR count). The molecule has 3 aliphatic carbocycles. The van der Waals surface area contributed by atoms with Crippen LogP contribution in [0.5, 0.6) is 5.75 Å². The van der Waals surface area contributed by atoms with Crippen LogP contribution in [0.25, 0.3) is 0 Å². The van der Waals surface area contributed by atoms with Gasteiger partial charge in [0.25, 0.3) is 0 Å². The standard InChI is InChI=1S/C21H27NO.C14H17N.C14H18O2.K.H2O/c1-23-20-13-7-6-12-19(20)22-17-16-21(14-8-3-9-15-21)18-10-4-2-5-11-18;15-12-11-14(9-5-2-6-10-14)13-7-3-1-4-8-13;15-13(16)11-14(9-5-2-6-10-14)12-7-3-1-4-8-12;;/h2,4-7,10-13,22H,3,8-9,14-17H2,1H3;1,3-4,7-8H,2,5-6,9-11H2;1,3-4,7-8H,2,5-6,9-11H2,(H,15,16);;1H2/q;;;+1;/p-1. The number of hydrogen-bond acceptors (Lipinski definition) is 5. The first-order chi connectivity index (χ1) is 26.4. The number of carboxylic acid groups (broad SMARTS) is 1. The number of carboxylic acids is 1. The van der Waals surface area contributed by atoms with Gasteiger partial charge in [0.05, 0.1) is 25.3 Å². The average Bonchev–Trinajstić information content (AvgIpc) is 3.23. The van der Waals surface area contributed by atoms with E-state index < -0.39 is 5.97 Å². The molecule has 0 spiro atoms. The molecule has 56 heavy (non-hydrogen) atoms. The van der Waals surface area contributed by atoms with Gasteiger partial charge in [-0.3, -0.25) is 4.79 Å². The quantitative estimate of drug-likeness (QED) is 0.147. The molecular formula is C49H63KN2O4. The summed E-state index contributed by atoms with van der Waals surface area (Å²) in [7, 11) is 1.73. The predicted molar refractivity (Wildman–Crippen MR) is 224 cm³/mol. The number of ether oxygens (including phenoxy) is 1. The minimum absolute atomic E-state index is 0. The zero-order valence-electron chi connectivity index (χ0n) is 34.1. The van der Waals surface area contributed by atoms with E-state index in [4.69, 9.17) is 15.1 Å². The molecule has 0 bridgehead atoms. The molecule has 6 nitrogen and oxygen atoms in total. The molecule has 0 amide bonds. The molecular weight excluding hydrogens is 720 g/mol. The third-order valence-electron chi connectivity index (χ3n) is 12.5. The van der Waals surface area contributed by atoms with E-state index in [0.29, 0.717) is 11.8 Å². The summed E-state index contributed by atoms with van der Waals surface area (Å²) in [4.78, 5) is 11.0. The van der Waals surface area contributed by atoms with E-state index in [9.17, 15) is 4.79 Å². The summed E-state index contributed by atoms with van der Waals surface area (Å²) < 4.78 is 5.44. The number of anilines is 1. The van der Waals surface area contributed by atoms with Crippen molar-refractivity contribution < 1.29 is 71.5 Å². The molecule has 0 heterocycles. The second-order valence-corrected chi connectivity index (χ2v) is 15.9. The Labute approximate surface area is 379 Å². The van der Waals surface area contributed by atoms with Crippen LogP contribution in [0.3, 0.4) is 0 Å². The zero-order valence-corrected chi connectivity index (χ0v) is 37.2. The Morgan fingerprint density at radius 1 is 0.625 bits per heavy atom. The van der Waals surface area contributed by atoms with Crippen molar-refractivity contribution in [2.24, 2.45) is 0 Å². The first-order valence-corrected chi connectivity index (χ1v) is 20.6. The summed E-state index contributed by atoms with van der Waals surface area (Å²) in [6, 6.07) is 42.4. The van der Waals surface area contributed by atoms with E-state index >= 15 is 0 Å². The molecule has 3 saturated carbocycles. The van der Waals surface area contributed by atoms with Crippen LogP contribution in [0.4, 0.5) is 5.69 Å². The van der Waals surface area contributed by atoms with Gasteiger partial charge >= 0.3 is 57.4 Å². The Bertz CT molecular complexity index is 1710. The second kappa shape index (κ2) is 24.7. The summed E-state index contributed by atoms with van der Waals surface area (Å²) in [5, 5.41) is 21.7. The fourth-order valence-corrected chi connectivity index (χ4v) is 9.55. The van der Waals surface area contributed by atoms with Gasteiger partial charge in [0.15, 0.2) is 0 Å². The number of nitrogens with zero attached hydrogens (tertiary/aromatic N) is 1. The Morgan fingerprint density at radius 3 is 1.46 bits per heavy atom. The van der Waals surface area contributed by atoms with E-state index in [1.165, 1.54) is 93.7 Å². The third kappa shape index (κ3) is 13.3. The Kier molecular flexibility index (Phi) is 20.9. The summed E-state index contributed by atoms with van der Waals surface area (Å²) in [5.74, 6) is 0.246. The van der Waals surface area contributed by atoms with E-state index in [-0.39, 0.29) is 74.1 Å². The molecule has 3 N–H and O–H groups in total. The van der Waals surface area contributed by atoms with Crippen LogP contribution < -0.4 is 61.4 Å². The maximum Gasteiger partial charge on any atom is 1.00 e. The fraction of sp³-hybridized carbons (Fsp3) is 0.469. The van der Waals surface area contributed by atoms with Gasteiger partial charge in [0.2, 0.25) is 0 Å². The molecule has 0 saturated heterocycles. The number of nitrogens with one attached hydrogen (secondary N) is 1. The summed E-state index contributed by atoms with van der Waals surface area (Å²) in [6.07, 6.45) is 20.7. The predicted octanol–water partition coefficient (Wildman–Crippen LogP) is 9.39. The molecule has 7 heteroatoms. The number of carbonyl (C=O) groups is 1. The van der Waals surface area contributed by atoms with Crippen molar-refractivity contribution in [2.75, 3.05) is 19.0 Å².